The lowest BCUT2D eigenvalue weighted by Crippen LogP contribution is -2.06. The smallest absolute Gasteiger partial charge is 0.263 e. The van der Waals surface area contributed by atoms with Gasteiger partial charge < -0.3 is 4.98 Å². The Balaban J connectivity index is 2.33. The van der Waals surface area contributed by atoms with E-state index in [0.717, 1.165) is 5.69 Å². The predicted molar refractivity (Wildman–Crippen MR) is 76.3 cm³/mol. The standard InChI is InChI=1S/C12H9ClN4OS/c1-19-12-9-10(14-6-15-11(9)18)17(16-12)8-4-2-7(13)3-5-8/h2-6H,1H3,(H,14,15,18). The average molecular weight is 293 g/mol. The second-order valence-corrected chi connectivity index (χ2v) is 5.06. The third-order valence-corrected chi connectivity index (χ3v) is 3.63. The van der Waals surface area contributed by atoms with Crippen LogP contribution in [0.5, 0.6) is 0 Å². The zero-order chi connectivity index (χ0) is 13.4. The van der Waals surface area contributed by atoms with Crippen molar-refractivity contribution >= 4 is 34.4 Å². The highest BCUT2D eigenvalue weighted by molar-refractivity contribution is 7.98. The molecule has 2 heterocycles. The first-order valence-electron chi connectivity index (χ1n) is 5.47. The molecule has 0 aliphatic heterocycles. The summed E-state index contributed by atoms with van der Waals surface area (Å²) in [6, 6.07) is 7.22. The minimum Gasteiger partial charge on any atom is -0.312 e. The molecule has 5 nitrogen and oxygen atoms in total. The van der Waals surface area contributed by atoms with Gasteiger partial charge in [0.15, 0.2) is 5.65 Å². The fourth-order valence-corrected chi connectivity index (χ4v) is 2.51. The lowest BCUT2D eigenvalue weighted by Gasteiger charge is -2.01. The van der Waals surface area contributed by atoms with Gasteiger partial charge in [-0.25, -0.2) is 9.67 Å². The molecule has 0 atom stereocenters. The van der Waals surface area contributed by atoms with Crippen molar-refractivity contribution in [1.29, 1.82) is 0 Å². The number of thioether (sulfide) groups is 1. The summed E-state index contributed by atoms with van der Waals surface area (Å²) >= 11 is 7.28. The highest BCUT2D eigenvalue weighted by atomic mass is 35.5. The second-order valence-electron chi connectivity index (χ2n) is 3.83. The van der Waals surface area contributed by atoms with Gasteiger partial charge in [0, 0.05) is 5.02 Å². The Labute approximate surface area is 117 Å². The number of rotatable bonds is 2. The van der Waals surface area contributed by atoms with Crippen molar-refractivity contribution in [2.45, 2.75) is 5.03 Å². The monoisotopic (exact) mass is 292 g/mol. The van der Waals surface area contributed by atoms with E-state index in [1.807, 2.05) is 18.4 Å². The number of aromatic nitrogens is 4. The maximum absolute atomic E-state index is 11.9. The quantitative estimate of drug-likeness (QED) is 0.737. The molecule has 0 aliphatic carbocycles. The SMILES string of the molecule is CSc1nn(-c2ccc(Cl)cc2)c2nc[nH]c(=O)c12. The Morgan fingerprint density at radius 3 is 2.74 bits per heavy atom. The van der Waals surface area contributed by atoms with Crippen molar-refractivity contribution in [3.63, 3.8) is 0 Å². The molecule has 0 saturated heterocycles. The van der Waals surface area contributed by atoms with Crippen molar-refractivity contribution in [2.75, 3.05) is 6.26 Å². The number of H-pyrrole nitrogens is 1. The van der Waals surface area contributed by atoms with Crippen LogP contribution < -0.4 is 5.56 Å². The minimum absolute atomic E-state index is 0.186. The van der Waals surface area contributed by atoms with Crippen LogP contribution in [0.15, 0.2) is 40.4 Å². The summed E-state index contributed by atoms with van der Waals surface area (Å²) in [7, 11) is 0. The zero-order valence-electron chi connectivity index (χ0n) is 9.92. The number of aromatic amines is 1. The highest BCUT2D eigenvalue weighted by Gasteiger charge is 2.15. The van der Waals surface area contributed by atoms with Crippen LogP contribution in [-0.4, -0.2) is 26.0 Å². The Kier molecular flexibility index (Phi) is 3.04. The largest absolute Gasteiger partial charge is 0.312 e. The number of hydrogen-bond donors (Lipinski definition) is 1. The average Bonchev–Trinajstić information content (AvgIpc) is 2.80. The molecule has 0 radical (unpaired) electrons. The molecular weight excluding hydrogens is 284 g/mol. The predicted octanol–water partition coefficient (Wildman–Crippen LogP) is 2.48. The maximum atomic E-state index is 11.9. The van der Waals surface area contributed by atoms with Gasteiger partial charge >= 0.3 is 0 Å². The van der Waals surface area contributed by atoms with E-state index in [4.69, 9.17) is 11.6 Å². The molecule has 2 aromatic heterocycles. The normalized spacial score (nSPS) is 11.1. The number of hydrogen-bond acceptors (Lipinski definition) is 4. The topological polar surface area (TPSA) is 63.6 Å². The molecule has 3 rings (SSSR count). The molecule has 3 aromatic rings. The third kappa shape index (κ3) is 2.02. The first-order chi connectivity index (χ1) is 9.20. The van der Waals surface area contributed by atoms with Crippen LogP contribution in [0, 0.1) is 0 Å². The van der Waals surface area contributed by atoms with E-state index in [1.54, 1.807) is 16.8 Å². The molecule has 0 aliphatic rings. The maximum Gasteiger partial charge on any atom is 0.263 e. The molecule has 96 valence electrons. The van der Waals surface area contributed by atoms with E-state index >= 15 is 0 Å². The summed E-state index contributed by atoms with van der Waals surface area (Å²) in [5.74, 6) is 0. The molecule has 0 spiro atoms. The van der Waals surface area contributed by atoms with E-state index < -0.39 is 0 Å². The van der Waals surface area contributed by atoms with Gasteiger partial charge in [-0.05, 0) is 30.5 Å². The van der Waals surface area contributed by atoms with Crippen LogP contribution in [0.4, 0.5) is 0 Å². The molecule has 0 unspecified atom stereocenters. The lowest BCUT2D eigenvalue weighted by molar-refractivity contribution is 0.852. The van der Waals surface area contributed by atoms with Gasteiger partial charge in [-0.1, -0.05) is 11.6 Å². The summed E-state index contributed by atoms with van der Waals surface area (Å²) in [6.45, 7) is 0. The minimum atomic E-state index is -0.186. The summed E-state index contributed by atoms with van der Waals surface area (Å²) in [6.07, 6.45) is 3.25. The molecule has 1 N–H and O–H groups in total. The van der Waals surface area contributed by atoms with Gasteiger partial charge in [-0.3, -0.25) is 4.79 Å². The van der Waals surface area contributed by atoms with Crippen LogP contribution in [0.2, 0.25) is 5.02 Å². The van der Waals surface area contributed by atoms with E-state index in [2.05, 4.69) is 15.1 Å². The Morgan fingerprint density at radius 1 is 1.32 bits per heavy atom. The van der Waals surface area contributed by atoms with E-state index in [0.29, 0.717) is 21.1 Å². The summed E-state index contributed by atoms with van der Waals surface area (Å²) in [5.41, 5.74) is 1.16. The van der Waals surface area contributed by atoms with Gasteiger partial charge in [0.2, 0.25) is 0 Å². The van der Waals surface area contributed by atoms with Gasteiger partial charge in [0.1, 0.15) is 10.4 Å². The van der Waals surface area contributed by atoms with Crippen LogP contribution in [-0.2, 0) is 0 Å². The van der Waals surface area contributed by atoms with Crippen molar-refractivity contribution < 1.29 is 0 Å². The van der Waals surface area contributed by atoms with Gasteiger partial charge in [-0.2, -0.15) is 5.10 Å². The van der Waals surface area contributed by atoms with Gasteiger partial charge in [-0.15, -0.1) is 11.8 Å². The molecule has 0 fully saturated rings. The van der Waals surface area contributed by atoms with Crippen LogP contribution in [0.25, 0.3) is 16.7 Å². The fourth-order valence-electron chi connectivity index (χ4n) is 1.84. The number of fused-ring (bicyclic) bond motifs is 1. The molecule has 0 saturated carbocycles. The number of benzene rings is 1. The van der Waals surface area contributed by atoms with Crippen LogP contribution >= 0.6 is 23.4 Å². The Bertz CT molecular complexity index is 794. The molecule has 1 aromatic carbocycles. The van der Waals surface area contributed by atoms with Crippen LogP contribution in [0.1, 0.15) is 0 Å². The van der Waals surface area contributed by atoms with Gasteiger partial charge in [0.25, 0.3) is 5.56 Å². The second kappa shape index (κ2) is 4.71. The van der Waals surface area contributed by atoms with Crippen molar-refractivity contribution in [3.05, 3.63) is 46.0 Å². The van der Waals surface area contributed by atoms with Gasteiger partial charge in [0.05, 0.1) is 12.0 Å². The molecule has 0 amide bonds. The zero-order valence-corrected chi connectivity index (χ0v) is 11.5. The number of nitrogens with zero attached hydrogens (tertiary/aromatic N) is 3. The van der Waals surface area contributed by atoms with Crippen LogP contribution in [0.3, 0.4) is 0 Å². The summed E-state index contributed by atoms with van der Waals surface area (Å²) in [5, 5.41) is 6.23. The number of nitrogens with one attached hydrogen (secondary N) is 1. The van der Waals surface area contributed by atoms with Crippen molar-refractivity contribution in [3.8, 4) is 5.69 Å². The van der Waals surface area contributed by atoms with Crippen molar-refractivity contribution in [1.82, 2.24) is 19.7 Å². The molecular formula is C12H9ClN4OS. The Hall–Kier alpha value is -1.79. The molecule has 7 heteroatoms. The third-order valence-electron chi connectivity index (χ3n) is 2.70. The Morgan fingerprint density at radius 2 is 2.05 bits per heavy atom. The first kappa shape index (κ1) is 12.3. The highest BCUT2D eigenvalue weighted by Crippen LogP contribution is 2.24. The number of halogens is 1. The summed E-state index contributed by atoms with van der Waals surface area (Å²) in [4.78, 5) is 18.7. The fraction of sp³-hybridized carbons (Fsp3) is 0.0833. The van der Waals surface area contributed by atoms with E-state index in [1.165, 1.54) is 18.1 Å². The molecule has 19 heavy (non-hydrogen) atoms. The molecule has 0 bridgehead atoms. The summed E-state index contributed by atoms with van der Waals surface area (Å²) < 4.78 is 1.65. The van der Waals surface area contributed by atoms with E-state index in [9.17, 15) is 4.79 Å². The van der Waals surface area contributed by atoms with Crippen molar-refractivity contribution in [2.24, 2.45) is 0 Å². The van der Waals surface area contributed by atoms with E-state index in [-0.39, 0.29) is 5.56 Å². The first-order valence-corrected chi connectivity index (χ1v) is 7.07. The lowest BCUT2D eigenvalue weighted by atomic mass is 10.3.